The maximum Gasteiger partial charge on any atom is 0.245 e. The van der Waals surface area contributed by atoms with Crippen LogP contribution in [0.1, 0.15) is 18.4 Å². The smallest absolute Gasteiger partial charge is 0.245 e. The number of piperidine rings is 1. The number of nitrogens with zero attached hydrogens (tertiary/aromatic N) is 3. The van der Waals surface area contributed by atoms with Crippen LogP contribution in [0.15, 0.2) is 61.4 Å². The number of benzene rings is 3. The molecule has 3 N–H and O–H groups in total. The first-order valence-corrected chi connectivity index (χ1v) is 13.2. The SMILES string of the molecule is C=CC(=O)N1CCC(Oc2cc3c(Nc4cc(-c5cc(N)c(F)cc5C)ccc4OC)ncnc3cc2OC)CC1. The van der Waals surface area contributed by atoms with Gasteiger partial charge in [0.15, 0.2) is 11.5 Å². The Balaban J connectivity index is 1.48. The third-order valence-electron chi connectivity index (χ3n) is 7.25. The lowest BCUT2D eigenvalue weighted by Crippen LogP contribution is -2.41. The van der Waals surface area contributed by atoms with Gasteiger partial charge in [-0.15, -0.1) is 0 Å². The van der Waals surface area contributed by atoms with E-state index in [0.29, 0.717) is 60.2 Å². The monoisotopic (exact) mass is 557 g/mol. The molecule has 5 rings (SSSR count). The number of rotatable bonds is 8. The zero-order valence-electron chi connectivity index (χ0n) is 23.2. The van der Waals surface area contributed by atoms with Crippen molar-refractivity contribution in [3.63, 3.8) is 0 Å². The molecule has 2 heterocycles. The van der Waals surface area contributed by atoms with E-state index in [-0.39, 0.29) is 17.7 Å². The molecule has 10 heteroatoms. The topological polar surface area (TPSA) is 112 Å². The first-order chi connectivity index (χ1) is 19.8. The van der Waals surface area contributed by atoms with Gasteiger partial charge in [0, 0.05) is 37.4 Å². The predicted molar refractivity (Wildman–Crippen MR) is 157 cm³/mol. The highest BCUT2D eigenvalue weighted by Gasteiger charge is 2.24. The van der Waals surface area contributed by atoms with Crippen molar-refractivity contribution < 1.29 is 23.4 Å². The van der Waals surface area contributed by atoms with Gasteiger partial charge in [0.05, 0.1) is 31.1 Å². The summed E-state index contributed by atoms with van der Waals surface area (Å²) in [5, 5.41) is 4.10. The van der Waals surface area contributed by atoms with Gasteiger partial charge in [0.25, 0.3) is 0 Å². The Bertz CT molecular complexity index is 1620. The van der Waals surface area contributed by atoms with Crippen LogP contribution in [0.5, 0.6) is 17.2 Å². The van der Waals surface area contributed by atoms with Crippen LogP contribution in [-0.2, 0) is 4.79 Å². The fourth-order valence-corrected chi connectivity index (χ4v) is 5.02. The minimum absolute atomic E-state index is 0.0721. The van der Waals surface area contributed by atoms with E-state index in [4.69, 9.17) is 19.9 Å². The number of amides is 1. The number of likely N-dealkylation sites (tertiary alicyclic amines) is 1. The summed E-state index contributed by atoms with van der Waals surface area (Å²) in [4.78, 5) is 22.7. The molecule has 0 radical (unpaired) electrons. The van der Waals surface area contributed by atoms with Crippen LogP contribution in [0.4, 0.5) is 21.6 Å². The van der Waals surface area contributed by atoms with Crippen molar-refractivity contribution in [2.45, 2.75) is 25.9 Å². The average molecular weight is 558 g/mol. The van der Waals surface area contributed by atoms with E-state index in [9.17, 15) is 9.18 Å². The number of aryl methyl sites for hydroxylation is 1. The van der Waals surface area contributed by atoms with Gasteiger partial charge < -0.3 is 30.2 Å². The number of ether oxygens (including phenoxy) is 3. The zero-order valence-corrected chi connectivity index (χ0v) is 23.2. The molecule has 9 nitrogen and oxygen atoms in total. The lowest BCUT2D eigenvalue weighted by atomic mass is 9.99. The third kappa shape index (κ3) is 5.72. The molecule has 0 saturated carbocycles. The molecule has 0 bridgehead atoms. The summed E-state index contributed by atoms with van der Waals surface area (Å²) in [6.07, 6.45) is 4.10. The molecule has 1 fully saturated rings. The summed E-state index contributed by atoms with van der Waals surface area (Å²) in [5.74, 6) is 1.73. The Labute approximate surface area is 237 Å². The van der Waals surface area contributed by atoms with Crippen LogP contribution in [0, 0.1) is 12.7 Å². The Morgan fingerprint density at radius 1 is 1.07 bits per heavy atom. The Hall–Kier alpha value is -4.86. The molecule has 0 atom stereocenters. The summed E-state index contributed by atoms with van der Waals surface area (Å²) >= 11 is 0. The van der Waals surface area contributed by atoms with Gasteiger partial charge in [0.1, 0.15) is 29.8 Å². The fraction of sp³-hybridized carbons (Fsp3) is 0.258. The molecular weight excluding hydrogens is 525 g/mol. The van der Waals surface area contributed by atoms with Crippen molar-refractivity contribution in [1.82, 2.24) is 14.9 Å². The lowest BCUT2D eigenvalue weighted by molar-refractivity contribution is -0.127. The molecule has 4 aromatic rings. The quantitative estimate of drug-likeness (QED) is 0.211. The normalized spacial score (nSPS) is 13.6. The number of fused-ring (bicyclic) bond motifs is 1. The number of nitrogens with one attached hydrogen (secondary N) is 1. The second-order valence-corrected chi connectivity index (χ2v) is 9.82. The van der Waals surface area contributed by atoms with Crippen molar-refractivity contribution in [3.8, 4) is 28.4 Å². The molecule has 1 aliphatic rings. The number of hydrogen-bond acceptors (Lipinski definition) is 8. The van der Waals surface area contributed by atoms with Gasteiger partial charge >= 0.3 is 0 Å². The van der Waals surface area contributed by atoms with Crippen LogP contribution < -0.4 is 25.3 Å². The largest absolute Gasteiger partial charge is 0.495 e. The van der Waals surface area contributed by atoms with Crippen molar-refractivity contribution in [2.24, 2.45) is 0 Å². The van der Waals surface area contributed by atoms with Crippen LogP contribution in [0.2, 0.25) is 0 Å². The van der Waals surface area contributed by atoms with Gasteiger partial charge in [-0.1, -0.05) is 12.6 Å². The average Bonchev–Trinajstić information content (AvgIpc) is 2.99. The molecule has 3 aromatic carbocycles. The zero-order chi connectivity index (χ0) is 29.1. The van der Waals surface area contributed by atoms with Crippen LogP contribution in [-0.4, -0.2) is 54.2 Å². The number of aromatic nitrogens is 2. The highest BCUT2D eigenvalue weighted by atomic mass is 19.1. The molecule has 1 amide bonds. The van der Waals surface area contributed by atoms with Crippen molar-refractivity contribution in [3.05, 3.63) is 72.8 Å². The molecule has 0 spiro atoms. The summed E-state index contributed by atoms with van der Waals surface area (Å²) in [6.45, 7) is 6.59. The standard InChI is InChI=1S/C31H32FN5O4/c1-5-30(38)37-10-8-20(9-11-37)41-29-15-22-25(16-28(29)40-4)34-17-35-31(22)36-26-13-19(6-7-27(26)39-3)21-14-24(33)23(32)12-18(21)2/h5-7,12-17,20H,1,8-11,33H2,2-4H3,(H,34,35,36). The predicted octanol–water partition coefficient (Wildman–Crippen LogP) is 5.64. The van der Waals surface area contributed by atoms with Gasteiger partial charge in [-0.2, -0.15) is 0 Å². The van der Waals surface area contributed by atoms with Crippen LogP contribution >= 0.6 is 0 Å². The third-order valence-corrected chi connectivity index (χ3v) is 7.25. The van der Waals surface area contributed by atoms with E-state index in [1.807, 2.05) is 37.3 Å². The first-order valence-electron chi connectivity index (χ1n) is 13.2. The molecule has 1 aliphatic heterocycles. The minimum Gasteiger partial charge on any atom is -0.495 e. The van der Waals surface area contributed by atoms with Gasteiger partial charge in [-0.25, -0.2) is 14.4 Å². The maximum absolute atomic E-state index is 14.0. The summed E-state index contributed by atoms with van der Waals surface area (Å²) < 4.78 is 31.6. The molecule has 212 valence electrons. The van der Waals surface area contributed by atoms with E-state index in [0.717, 1.165) is 22.1 Å². The molecular formula is C31H32FN5O4. The second-order valence-electron chi connectivity index (χ2n) is 9.82. The molecule has 41 heavy (non-hydrogen) atoms. The molecule has 0 unspecified atom stereocenters. The number of halogens is 1. The maximum atomic E-state index is 14.0. The van der Waals surface area contributed by atoms with E-state index in [1.54, 1.807) is 25.2 Å². The summed E-state index contributed by atoms with van der Waals surface area (Å²) in [5.41, 5.74) is 9.67. The van der Waals surface area contributed by atoms with E-state index in [2.05, 4.69) is 21.9 Å². The van der Waals surface area contributed by atoms with Crippen LogP contribution in [0.25, 0.3) is 22.0 Å². The minimum atomic E-state index is -0.449. The number of nitrogens with two attached hydrogens (primary N) is 1. The van der Waals surface area contributed by atoms with E-state index >= 15 is 0 Å². The Morgan fingerprint density at radius 2 is 1.83 bits per heavy atom. The number of nitrogen functional groups attached to an aromatic ring is 1. The molecule has 0 aliphatic carbocycles. The van der Waals surface area contributed by atoms with Gasteiger partial charge in [0.2, 0.25) is 5.91 Å². The molecule has 1 saturated heterocycles. The van der Waals surface area contributed by atoms with Crippen LogP contribution in [0.3, 0.4) is 0 Å². The Kier molecular flexibility index (Phi) is 7.91. The summed E-state index contributed by atoms with van der Waals surface area (Å²) in [7, 11) is 3.17. The second kappa shape index (κ2) is 11.7. The fourth-order valence-electron chi connectivity index (χ4n) is 5.02. The number of hydrogen-bond donors (Lipinski definition) is 2. The van der Waals surface area contributed by atoms with Gasteiger partial charge in [-0.3, -0.25) is 4.79 Å². The van der Waals surface area contributed by atoms with E-state index in [1.165, 1.54) is 18.5 Å². The first kappa shape index (κ1) is 27.7. The van der Waals surface area contributed by atoms with Crippen molar-refractivity contribution in [2.75, 3.05) is 38.4 Å². The number of methoxy groups -OCH3 is 2. The lowest BCUT2D eigenvalue weighted by Gasteiger charge is -2.31. The Morgan fingerprint density at radius 3 is 2.54 bits per heavy atom. The number of anilines is 3. The van der Waals surface area contributed by atoms with E-state index < -0.39 is 5.82 Å². The number of carbonyl (C=O) groups excluding carboxylic acids is 1. The summed E-state index contributed by atoms with van der Waals surface area (Å²) in [6, 6.07) is 12.4. The van der Waals surface area contributed by atoms with Crippen molar-refractivity contribution in [1.29, 1.82) is 0 Å². The number of carbonyl (C=O) groups is 1. The van der Waals surface area contributed by atoms with Gasteiger partial charge in [-0.05, 0) is 60.0 Å². The molecule has 1 aromatic heterocycles. The highest BCUT2D eigenvalue weighted by molar-refractivity contribution is 5.94. The highest BCUT2D eigenvalue weighted by Crippen LogP contribution is 2.39. The van der Waals surface area contributed by atoms with Crippen molar-refractivity contribution >= 4 is 34.0 Å².